The maximum atomic E-state index is 11.8. The van der Waals surface area contributed by atoms with Crippen LogP contribution in [-0.2, 0) is 4.79 Å². The first-order chi connectivity index (χ1) is 8.11. The largest absolute Gasteiger partial charge is 0.335 e. The minimum Gasteiger partial charge on any atom is -0.335 e. The van der Waals surface area contributed by atoms with Crippen LogP contribution in [0.15, 0.2) is 28.7 Å². The Balaban J connectivity index is 2.19. The first-order valence-electron chi connectivity index (χ1n) is 5.56. The highest BCUT2D eigenvalue weighted by Crippen LogP contribution is 2.29. The SMILES string of the molecule is CC(c1cccc(Br)c1)N1CC(C#N)CC1=O. The number of likely N-dealkylation sites (tertiary alicyclic amines) is 1. The fourth-order valence-electron chi connectivity index (χ4n) is 2.14. The van der Waals surface area contributed by atoms with E-state index < -0.39 is 0 Å². The predicted octanol–water partition coefficient (Wildman–Crippen LogP) is 2.88. The van der Waals surface area contributed by atoms with Crippen molar-refractivity contribution < 1.29 is 4.79 Å². The molecular weight excluding hydrogens is 280 g/mol. The zero-order chi connectivity index (χ0) is 12.4. The highest BCUT2D eigenvalue weighted by molar-refractivity contribution is 9.10. The van der Waals surface area contributed by atoms with Gasteiger partial charge in [-0.2, -0.15) is 5.26 Å². The van der Waals surface area contributed by atoms with Crippen LogP contribution in [0.3, 0.4) is 0 Å². The van der Waals surface area contributed by atoms with E-state index in [9.17, 15) is 4.79 Å². The standard InChI is InChI=1S/C13H13BrN2O/c1-9(11-3-2-4-12(14)6-11)16-8-10(7-15)5-13(16)17/h2-4,6,9-10H,5,8H2,1H3. The summed E-state index contributed by atoms with van der Waals surface area (Å²) in [5, 5.41) is 8.86. The van der Waals surface area contributed by atoms with E-state index in [0.29, 0.717) is 13.0 Å². The molecule has 1 aromatic carbocycles. The molecule has 1 aliphatic heterocycles. The molecule has 1 amide bonds. The second-order valence-corrected chi connectivity index (χ2v) is 5.22. The highest BCUT2D eigenvalue weighted by atomic mass is 79.9. The van der Waals surface area contributed by atoms with E-state index in [4.69, 9.17) is 5.26 Å². The highest BCUT2D eigenvalue weighted by Gasteiger charge is 2.33. The summed E-state index contributed by atoms with van der Waals surface area (Å²) in [6.07, 6.45) is 0.356. The van der Waals surface area contributed by atoms with E-state index in [1.54, 1.807) is 4.90 Å². The van der Waals surface area contributed by atoms with Crippen molar-refractivity contribution in [3.05, 3.63) is 34.3 Å². The summed E-state index contributed by atoms with van der Waals surface area (Å²) in [4.78, 5) is 13.6. The topological polar surface area (TPSA) is 44.1 Å². The molecule has 1 saturated heterocycles. The Morgan fingerprint density at radius 1 is 1.59 bits per heavy atom. The summed E-state index contributed by atoms with van der Waals surface area (Å²) in [6, 6.07) is 10.1. The zero-order valence-corrected chi connectivity index (χ0v) is 11.1. The molecule has 0 bridgehead atoms. The van der Waals surface area contributed by atoms with Gasteiger partial charge in [-0.1, -0.05) is 28.1 Å². The average Bonchev–Trinajstić information content (AvgIpc) is 2.69. The van der Waals surface area contributed by atoms with Crippen LogP contribution in [0.4, 0.5) is 0 Å². The van der Waals surface area contributed by atoms with Gasteiger partial charge in [0.05, 0.1) is 18.0 Å². The lowest BCUT2D eigenvalue weighted by Gasteiger charge is -2.24. The Hall–Kier alpha value is -1.34. The van der Waals surface area contributed by atoms with E-state index in [2.05, 4.69) is 22.0 Å². The van der Waals surface area contributed by atoms with Crippen LogP contribution in [0.5, 0.6) is 0 Å². The van der Waals surface area contributed by atoms with Crippen molar-refractivity contribution in [3.8, 4) is 6.07 Å². The van der Waals surface area contributed by atoms with E-state index in [0.717, 1.165) is 10.0 Å². The van der Waals surface area contributed by atoms with Crippen LogP contribution in [0.25, 0.3) is 0 Å². The molecule has 0 N–H and O–H groups in total. The van der Waals surface area contributed by atoms with Crippen LogP contribution in [0.1, 0.15) is 24.9 Å². The molecule has 1 aliphatic rings. The van der Waals surface area contributed by atoms with Crippen molar-refractivity contribution >= 4 is 21.8 Å². The van der Waals surface area contributed by atoms with Gasteiger partial charge in [0.15, 0.2) is 0 Å². The number of amides is 1. The first-order valence-corrected chi connectivity index (χ1v) is 6.35. The smallest absolute Gasteiger partial charge is 0.224 e. The van der Waals surface area contributed by atoms with E-state index >= 15 is 0 Å². The predicted molar refractivity (Wildman–Crippen MR) is 68.0 cm³/mol. The second-order valence-electron chi connectivity index (χ2n) is 4.31. The van der Waals surface area contributed by atoms with Crippen molar-refractivity contribution in [2.75, 3.05) is 6.54 Å². The molecule has 1 fully saturated rings. The van der Waals surface area contributed by atoms with Gasteiger partial charge in [-0.25, -0.2) is 0 Å². The van der Waals surface area contributed by atoms with Gasteiger partial charge in [-0.05, 0) is 24.6 Å². The number of carbonyl (C=O) groups is 1. The Morgan fingerprint density at radius 2 is 2.35 bits per heavy atom. The molecule has 2 rings (SSSR count). The normalized spacial score (nSPS) is 21.4. The molecule has 0 radical (unpaired) electrons. The molecule has 3 nitrogen and oxygen atoms in total. The number of nitrogens with zero attached hydrogens (tertiary/aromatic N) is 2. The van der Waals surface area contributed by atoms with Crippen LogP contribution in [-0.4, -0.2) is 17.4 Å². The summed E-state index contributed by atoms with van der Waals surface area (Å²) in [5.41, 5.74) is 1.09. The second kappa shape index (κ2) is 4.89. The Bertz CT molecular complexity index is 481. The third kappa shape index (κ3) is 2.50. The van der Waals surface area contributed by atoms with Crippen LogP contribution in [0.2, 0.25) is 0 Å². The molecule has 0 aliphatic carbocycles. The number of nitriles is 1. The van der Waals surface area contributed by atoms with Gasteiger partial charge in [-0.3, -0.25) is 4.79 Å². The summed E-state index contributed by atoms with van der Waals surface area (Å²) in [6.45, 7) is 2.54. The molecule has 0 spiro atoms. The van der Waals surface area contributed by atoms with Gasteiger partial charge in [0.2, 0.25) is 5.91 Å². The van der Waals surface area contributed by atoms with Crippen LogP contribution < -0.4 is 0 Å². The quantitative estimate of drug-likeness (QED) is 0.841. The Morgan fingerprint density at radius 3 is 2.94 bits per heavy atom. The number of rotatable bonds is 2. The molecule has 0 aromatic heterocycles. The minimum absolute atomic E-state index is 0.0262. The summed E-state index contributed by atoms with van der Waals surface area (Å²) < 4.78 is 1.00. The fourth-order valence-corrected chi connectivity index (χ4v) is 2.56. The molecule has 0 saturated carbocycles. The maximum Gasteiger partial charge on any atom is 0.224 e. The van der Waals surface area contributed by atoms with Crippen molar-refractivity contribution in [2.45, 2.75) is 19.4 Å². The van der Waals surface area contributed by atoms with Gasteiger partial charge >= 0.3 is 0 Å². The first kappa shape index (κ1) is 12.1. The van der Waals surface area contributed by atoms with Crippen molar-refractivity contribution in [1.29, 1.82) is 5.26 Å². The summed E-state index contributed by atoms with van der Waals surface area (Å²) >= 11 is 3.42. The van der Waals surface area contributed by atoms with Crippen LogP contribution >= 0.6 is 15.9 Å². The molecule has 88 valence electrons. The van der Waals surface area contributed by atoms with Gasteiger partial charge in [0, 0.05) is 17.4 Å². The number of hydrogen-bond acceptors (Lipinski definition) is 2. The lowest BCUT2D eigenvalue weighted by molar-refractivity contribution is -0.129. The molecule has 2 unspecified atom stereocenters. The number of hydrogen-bond donors (Lipinski definition) is 0. The lowest BCUT2D eigenvalue weighted by atomic mass is 10.1. The Kier molecular flexibility index (Phi) is 3.49. The van der Waals surface area contributed by atoms with Gasteiger partial charge in [-0.15, -0.1) is 0 Å². The third-order valence-electron chi connectivity index (χ3n) is 3.14. The van der Waals surface area contributed by atoms with E-state index in [-0.39, 0.29) is 17.9 Å². The van der Waals surface area contributed by atoms with Gasteiger partial charge in [0.1, 0.15) is 0 Å². The molecule has 17 heavy (non-hydrogen) atoms. The Labute approximate surface area is 109 Å². The van der Waals surface area contributed by atoms with E-state index in [1.165, 1.54) is 0 Å². The zero-order valence-electron chi connectivity index (χ0n) is 9.56. The van der Waals surface area contributed by atoms with Crippen molar-refractivity contribution in [3.63, 3.8) is 0 Å². The summed E-state index contributed by atoms with van der Waals surface area (Å²) in [5.74, 6) is -0.0823. The fraction of sp³-hybridized carbons (Fsp3) is 0.385. The third-order valence-corrected chi connectivity index (χ3v) is 3.63. The summed E-state index contributed by atoms with van der Waals surface area (Å²) in [7, 11) is 0. The molecule has 4 heteroatoms. The van der Waals surface area contributed by atoms with Crippen molar-refractivity contribution in [1.82, 2.24) is 4.90 Å². The maximum absolute atomic E-state index is 11.8. The number of carbonyl (C=O) groups excluding carboxylic acids is 1. The van der Waals surface area contributed by atoms with Gasteiger partial charge in [0.25, 0.3) is 0 Å². The molecule has 2 atom stereocenters. The number of halogens is 1. The van der Waals surface area contributed by atoms with Crippen molar-refractivity contribution in [2.24, 2.45) is 5.92 Å². The average molecular weight is 293 g/mol. The van der Waals surface area contributed by atoms with Crippen LogP contribution in [0, 0.1) is 17.2 Å². The van der Waals surface area contributed by atoms with E-state index in [1.807, 2.05) is 31.2 Å². The molecular formula is C13H13BrN2O. The minimum atomic E-state index is -0.155. The molecule has 1 aromatic rings. The number of benzene rings is 1. The molecule has 1 heterocycles. The lowest BCUT2D eigenvalue weighted by Crippen LogP contribution is -2.28. The monoisotopic (exact) mass is 292 g/mol. The van der Waals surface area contributed by atoms with Gasteiger partial charge < -0.3 is 4.90 Å².